The summed E-state index contributed by atoms with van der Waals surface area (Å²) in [6, 6.07) is 9.57. The van der Waals surface area contributed by atoms with Gasteiger partial charge in [0.2, 0.25) is 5.88 Å². The highest BCUT2D eigenvalue weighted by atomic mass is 127. The van der Waals surface area contributed by atoms with Gasteiger partial charge in [0.1, 0.15) is 6.61 Å². The van der Waals surface area contributed by atoms with Gasteiger partial charge in [-0.15, -0.1) is 24.0 Å². The number of aromatic nitrogens is 1. The van der Waals surface area contributed by atoms with Gasteiger partial charge in [-0.05, 0) is 43.2 Å². The minimum absolute atomic E-state index is 0. The van der Waals surface area contributed by atoms with E-state index < -0.39 is 0 Å². The Hall–Kier alpha value is -1.54. The fourth-order valence-corrected chi connectivity index (χ4v) is 2.11. The maximum Gasteiger partial charge on any atom is 0.213 e. The standard InChI is InChI=1S/C16H19ClN4O.HI/c1-11-7-12(2)9-14(8-11)21-16(18)19-5-6-22-15-4-3-13(17)10-20-15;/h3-4,7-10H,5-6H2,1-2H3,(H3,18,19,21);1H. The molecule has 23 heavy (non-hydrogen) atoms. The van der Waals surface area contributed by atoms with E-state index in [1.807, 2.05) is 26.0 Å². The van der Waals surface area contributed by atoms with Crippen molar-refractivity contribution >= 4 is 47.2 Å². The molecule has 1 aromatic heterocycles. The first-order chi connectivity index (χ1) is 10.5. The second kappa shape index (κ2) is 9.57. The third kappa shape index (κ3) is 7.04. The fraction of sp³-hybridized carbons (Fsp3) is 0.250. The Labute approximate surface area is 158 Å². The summed E-state index contributed by atoms with van der Waals surface area (Å²) < 4.78 is 5.44. The van der Waals surface area contributed by atoms with Gasteiger partial charge in [-0.2, -0.15) is 0 Å². The van der Waals surface area contributed by atoms with E-state index in [1.54, 1.807) is 12.1 Å². The first kappa shape index (κ1) is 19.5. The summed E-state index contributed by atoms with van der Waals surface area (Å²) in [6.07, 6.45) is 1.54. The molecule has 0 aliphatic carbocycles. The van der Waals surface area contributed by atoms with E-state index in [9.17, 15) is 0 Å². The van der Waals surface area contributed by atoms with E-state index in [0.29, 0.717) is 30.0 Å². The largest absolute Gasteiger partial charge is 0.476 e. The van der Waals surface area contributed by atoms with Gasteiger partial charge in [-0.1, -0.05) is 17.7 Å². The van der Waals surface area contributed by atoms with Crippen LogP contribution in [-0.2, 0) is 0 Å². The number of ether oxygens (including phenoxy) is 1. The Bertz CT molecular complexity index is 641. The second-order valence-corrected chi connectivity index (χ2v) is 5.37. The van der Waals surface area contributed by atoms with Gasteiger partial charge >= 0.3 is 0 Å². The molecule has 5 nitrogen and oxygen atoms in total. The zero-order chi connectivity index (χ0) is 15.9. The van der Waals surface area contributed by atoms with Crippen LogP contribution >= 0.6 is 35.6 Å². The Kier molecular flexibility index (Phi) is 8.11. The van der Waals surface area contributed by atoms with Crippen LogP contribution in [0.3, 0.4) is 0 Å². The molecule has 7 heteroatoms. The number of benzene rings is 1. The lowest BCUT2D eigenvalue weighted by molar-refractivity contribution is 0.316. The van der Waals surface area contributed by atoms with Crippen LogP contribution in [0.1, 0.15) is 11.1 Å². The molecule has 0 atom stereocenters. The van der Waals surface area contributed by atoms with Crippen molar-refractivity contribution in [1.82, 2.24) is 4.98 Å². The minimum atomic E-state index is 0. The van der Waals surface area contributed by atoms with Crippen LogP contribution in [0.5, 0.6) is 5.88 Å². The van der Waals surface area contributed by atoms with E-state index in [4.69, 9.17) is 22.1 Å². The molecule has 0 aliphatic heterocycles. The first-order valence-corrected chi connectivity index (χ1v) is 7.30. The number of aliphatic imine (C=N–C) groups is 1. The maximum atomic E-state index is 5.86. The molecule has 1 aromatic carbocycles. The summed E-state index contributed by atoms with van der Waals surface area (Å²) in [5.74, 6) is 0.873. The lowest BCUT2D eigenvalue weighted by Gasteiger charge is -2.08. The van der Waals surface area contributed by atoms with Gasteiger partial charge in [-0.25, -0.2) is 9.98 Å². The number of pyridine rings is 1. The Morgan fingerprint density at radius 3 is 2.57 bits per heavy atom. The molecule has 2 rings (SSSR count). The number of hydrogen-bond acceptors (Lipinski definition) is 3. The summed E-state index contributed by atoms with van der Waals surface area (Å²) in [7, 11) is 0. The average molecular weight is 447 g/mol. The molecule has 2 aromatic rings. The SMILES string of the molecule is Cc1cc(C)cc(NC(N)=NCCOc2ccc(Cl)cn2)c1.I. The van der Waals surface area contributed by atoms with Gasteiger partial charge in [0.25, 0.3) is 0 Å². The highest BCUT2D eigenvalue weighted by Gasteiger charge is 1.98. The van der Waals surface area contributed by atoms with E-state index in [-0.39, 0.29) is 24.0 Å². The van der Waals surface area contributed by atoms with Crippen molar-refractivity contribution in [2.45, 2.75) is 13.8 Å². The van der Waals surface area contributed by atoms with Crippen LogP contribution in [0.25, 0.3) is 0 Å². The minimum Gasteiger partial charge on any atom is -0.476 e. The van der Waals surface area contributed by atoms with Crippen LogP contribution in [0.2, 0.25) is 5.02 Å². The van der Waals surface area contributed by atoms with Crippen LogP contribution in [0, 0.1) is 13.8 Å². The lowest BCUT2D eigenvalue weighted by atomic mass is 10.1. The van der Waals surface area contributed by atoms with Gasteiger partial charge < -0.3 is 15.8 Å². The molecule has 0 amide bonds. The van der Waals surface area contributed by atoms with Crippen LogP contribution < -0.4 is 15.8 Å². The van der Waals surface area contributed by atoms with Crippen molar-refractivity contribution < 1.29 is 4.74 Å². The third-order valence-corrected chi connectivity index (χ3v) is 3.04. The van der Waals surface area contributed by atoms with Crippen LogP contribution in [0.4, 0.5) is 5.69 Å². The molecule has 0 unspecified atom stereocenters. The molecule has 3 N–H and O–H groups in total. The molecule has 124 valence electrons. The number of nitrogens with two attached hydrogens (primary N) is 1. The predicted octanol–water partition coefficient (Wildman–Crippen LogP) is 3.78. The number of nitrogens with zero attached hydrogens (tertiary/aromatic N) is 2. The average Bonchev–Trinajstić information content (AvgIpc) is 2.44. The van der Waals surface area contributed by atoms with Crippen molar-refractivity contribution in [3.05, 3.63) is 52.7 Å². The first-order valence-electron chi connectivity index (χ1n) is 6.92. The zero-order valence-corrected chi connectivity index (χ0v) is 16.1. The summed E-state index contributed by atoms with van der Waals surface area (Å²) in [6.45, 7) is 4.91. The zero-order valence-electron chi connectivity index (χ0n) is 13.0. The lowest BCUT2D eigenvalue weighted by Crippen LogP contribution is -2.23. The Balaban J connectivity index is 0.00000264. The summed E-state index contributed by atoms with van der Waals surface area (Å²) in [5.41, 5.74) is 9.13. The molecule has 1 heterocycles. The van der Waals surface area contributed by atoms with Gasteiger partial charge in [-0.3, -0.25) is 0 Å². The van der Waals surface area contributed by atoms with Crippen molar-refractivity contribution in [3.8, 4) is 5.88 Å². The molecular weight excluding hydrogens is 427 g/mol. The van der Waals surface area contributed by atoms with Crippen molar-refractivity contribution in [2.75, 3.05) is 18.5 Å². The second-order valence-electron chi connectivity index (χ2n) is 4.93. The van der Waals surface area contributed by atoms with E-state index >= 15 is 0 Å². The van der Waals surface area contributed by atoms with Crippen LogP contribution in [-0.4, -0.2) is 24.1 Å². The summed E-state index contributed by atoms with van der Waals surface area (Å²) >= 11 is 5.75. The molecule has 0 saturated heterocycles. The number of guanidine groups is 1. The summed E-state index contributed by atoms with van der Waals surface area (Å²) in [5, 5.41) is 3.64. The number of halogens is 2. The topological polar surface area (TPSA) is 72.5 Å². The molecule has 0 saturated carbocycles. The van der Waals surface area contributed by atoms with Gasteiger partial charge in [0, 0.05) is 18.0 Å². The van der Waals surface area contributed by atoms with Crippen molar-refractivity contribution in [1.29, 1.82) is 0 Å². The quantitative estimate of drug-likeness (QED) is 0.317. The monoisotopic (exact) mass is 446 g/mol. The molecule has 0 radical (unpaired) electrons. The smallest absolute Gasteiger partial charge is 0.213 e. The Morgan fingerprint density at radius 1 is 1.26 bits per heavy atom. The molecule has 0 aliphatic rings. The normalized spacial score (nSPS) is 10.8. The van der Waals surface area contributed by atoms with Crippen LogP contribution in [0.15, 0.2) is 41.5 Å². The number of aryl methyl sites for hydroxylation is 2. The van der Waals surface area contributed by atoms with Gasteiger partial charge in [0.15, 0.2) is 5.96 Å². The number of rotatable bonds is 5. The fourth-order valence-electron chi connectivity index (χ4n) is 2.00. The number of anilines is 1. The van der Waals surface area contributed by atoms with Crippen molar-refractivity contribution in [2.24, 2.45) is 10.7 Å². The molecule has 0 spiro atoms. The van der Waals surface area contributed by atoms with Crippen molar-refractivity contribution in [3.63, 3.8) is 0 Å². The molecule has 0 bridgehead atoms. The third-order valence-electron chi connectivity index (χ3n) is 2.82. The highest BCUT2D eigenvalue weighted by Crippen LogP contribution is 2.13. The summed E-state index contributed by atoms with van der Waals surface area (Å²) in [4.78, 5) is 8.25. The number of hydrogen-bond donors (Lipinski definition) is 2. The van der Waals surface area contributed by atoms with E-state index in [0.717, 1.165) is 5.69 Å². The molecular formula is C16H20ClIN4O. The Morgan fingerprint density at radius 2 is 1.96 bits per heavy atom. The highest BCUT2D eigenvalue weighted by molar-refractivity contribution is 14.0. The number of nitrogens with one attached hydrogen (secondary N) is 1. The van der Waals surface area contributed by atoms with Gasteiger partial charge in [0.05, 0.1) is 11.6 Å². The van der Waals surface area contributed by atoms with E-state index in [2.05, 4.69) is 21.4 Å². The van der Waals surface area contributed by atoms with E-state index in [1.165, 1.54) is 17.3 Å². The predicted molar refractivity (Wildman–Crippen MR) is 106 cm³/mol. The maximum absolute atomic E-state index is 5.86. The molecule has 0 fully saturated rings.